The highest BCUT2D eigenvalue weighted by Gasteiger charge is 2.29. The third kappa shape index (κ3) is 2.86. The fourth-order valence-electron chi connectivity index (χ4n) is 3.45. The molecule has 122 valence electrons. The van der Waals surface area contributed by atoms with Gasteiger partial charge in [0, 0.05) is 35.6 Å². The van der Waals surface area contributed by atoms with Crippen LogP contribution in [0.2, 0.25) is 9.49 Å². The molecule has 0 spiro atoms. The predicted octanol–water partition coefficient (Wildman–Crippen LogP) is 5.69. The lowest BCUT2D eigenvalue weighted by Gasteiger charge is -2.31. The number of halogens is 2. The second-order valence-electron chi connectivity index (χ2n) is 6.11. The zero-order chi connectivity index (χ0) is 16.7. The lowest BCUT2D eigenvalue weighted by atomic mass is 9.84. The molecule has 2 aromatic heterocycles. The summed E-state index contributed by atoms with van der Waals surface area (Å²) >= 11 is 14.3. The summed E-state index contributed by atoms with van der Waals surface area (Å²) in [5.41, 5.74) is 4.74. The largest absolute Gasteiger partial charge is 0.300 e. The first-order valence-electron chi connectivity index (χ1n) is 7.80. The van der Waals surface area contributed by atoms with Crippen LogP contribution in [0, 0.1) is 0 Å². The Kier molecular flexibility index (Phi) is 4.35. The molecular formula is C19H16Cl2N2S. The van der Waals surface area contributed by atoms with Crippen LogP contribution < -0.4 is 0 Å². The number of fused-ring (bicyclic) bond motifs is 1. The summed E-state index contributed by atoms with van der Waals surface area (Å²) in [5.74, 6) is 0.287. The van der Waals surface area contributed by atoms with E-state index in [2.05, 4.69) is 47.3 Å². The topological polar surface area (TPSA) is 16.1 Å². The molecule has 0 radical (unpaired) electrons. The fourth-order valence-corrected chi connectivity index (χ4v) is 5.09. The Hall–Kier alpha value is -1.39. The Morgan fingerprint density at radius 3 is 2.71 bits per heavy atom. The van der Waals surface area contributed by atoms with Crippen LogP contribution in [0.5, 0.6) is 0 Å². The molecule has 1 aromatic carbocycles. The molecule has 0 bridgehead atoms. The molecule has 4 rings (SSSR count). The first-order chi connectivity index (χ1) is 11.6. The molecule has 0 aliphatic carbocycles. The van der Waals surface area contributed by atoms with Gasteiger partial charge in [-0.1, -0.05) is 47.5 Å². The van der Waals surface area contributed by atoms with Crippen LogP contribution in [0.3, 0.4) is 0 Å². The Bertz CT molecular complexity index is 891. The van der Waals surface area contributed by atoms with Crippen LogP contribution in [0.4, 0.5) is 0 Å². The maximum atomic E-state index is 6.36. The number of likely N-dealkylation sites (N-methyl/N-ethyl adjacent to an activating group) is 1. The van der Waals surface area contributed by atoms with Crippen molar-refractivity contribution < 1.29 is 0 Å². The first kappa shape index (κ1) is 16.1. The first-order valence-corrected chi connectivity index (χ1v) is 9.37. The minimum atomic E-state index is 0.287. The highest BCUT2D eigenvalue weighted by Crippen LogP contribution is 2.43. The smallest absolute Gasteiger partial charge is 0.136 e. The van der Waals surface area contributed by atoms with Crippen molar-refractivity contribution >= 4 is 34.5 Å². The molecule has 5 heteroatoms. The van der Waals surface area contributed by atoms with Crippen molar-refractivity contribution in [2.75, 3.05) is 13.6 Å². The van der Waals surface area contributed by atoms with Gasteiger partial charge in [0.15, 0.2) is 0 Å². The summed E-state index contributed by atoms with van der Waals surface area (Å²) in [7, 11) is 2.16. The minimum absolute atomic E-state index is 0.287. The second kappa shape index (κ2) is 6.49. The van der Waals surface area contributed by atoms with Crippen molar-refractivity contribution in [1.82, 2.24) is 9.88 Å². The van der Waals surface area contributed by atoms with Crippen LogP contribution in [-0.4, -0.2) is 23.5 Å². The fraction of sp³-hybridized carbons (Fsp3) is 0.211. The van der Waals surface area contributed by atoms with E-state index in [0.29, 0.717) is 5.15 Å². The van der Waals surface area contributed by atoms with Gasteiger partial charge in [-0.2, -0.15) is 0 Å². The van der Waals surface area contributed by atoms with E-state index in [1.165, 1.54) is 16.0 Å². The predicted molar refractivity (Wildman–Crippen MR) is 102 cm³/mol. The molecule has 1 aliphatic rings. The molecule has 3 heterocycles. The van der Waals surface area contributed by atoms with Crippen LogP contribution >= 0.6 is 34.5 Å². The summed E-state index contributed by atoms with van der Waals surface area (Å²) in [6.07, 6.45) is 1.72. The molecule has 1 aliphatic heterocycles. The summed E-state index contributed by atoms with van der Waals surface area (Å²) in [5, 5.41) is 0.540. The van der Waals surface area contributed by atoms with Crippen LogP contribution in [0.15, 0.2) is 48.7 Å². The normalized spacial score (nSPS) is 17.7. The van der Waals surface area contributed by atoms with E-state index in [0.717, 1.165) is 28.6 Å². The van der Waals surface area contributed by atoms with E-state index in [1.54, 1.807) is 17.5 Å². The van der Waals surface area contributed by atoms with E-state index in [4.69, 9.17) is 23.2 Å². The van der Waals surface area contributed by atoms with E-state index in [-0.39, 0.29) is 5.92 Å². The van der Waals surface area contributed by atoms with Gasteiger partial charge in [0.2, 0.25) is 0 Å². The highest BCUT2D eigenvalue weighted by atomic mass is 35.5. The summed E-state index contributed by atoms with van der Waals surface area (Å²) in [4.78, 5) is 7.94. The van der Waals surface area contributed by atoms with Gasteiger partial charge in [-0.15, -0.1) is 11.3 Å². The Morgan fingerprint density at radius 2 is 1.88 bits per heavy atom. The van der Waals surface area contributed by atoms with Crippen LogP contribution in [0.1, 0.15) is 21.9 Å². The number of benzene rings is 1. The van der Waals surface area contributed by atoms with Gasteiger partial charge in [-0.05, 0) is 41.9 Å². The van der Waals surface area contributed by atoms with E-state index >= 15 is 0 Å². The zero-order valence-electron chi connectivity index (χ0n) is 13.2. The van der Waals surface area contributed by atoms with Crippen molar-refractivity contribution in [3.05, 3.63) is 74.2 Å². The molecule has 24 heavy (non-hydrogen) atoms. The molecule has 1 atom stereocenters. The third-order valence-electron chi connectivity index (χ3n) is 4.48. The quantitative estimate of drug-likeness (QED) is 0.535. The van der Waals surface area contributed by atoms with Gasteiger partial charge in [-0.3, -0.25) is 0 Å². The number of hydrogen-bond donors (Lipinski definition) is 0. The molecular weight excluding hydrogens is 359 g/mol. The number of aromatic nitrogens is 1. The molecule has 1 unspecified atom stereocenters. The zero-order valence-corrected chi connectivity index (χ0v) is 15.5. The lowest BCUT2D eigenvalue weighted by molar-refractivity contribution is 0.299. The maximum Gasteiger partial charge on any atom is 0.136 e. The summed E-state index contributed by atoms with van der Waals surface area (Å²) in [6, 6.07) is 14.5. The Balaban J connectivity index is 1.88. The number of thiophene rings is 1. The molecule has 2 nitrogen and oxygen atoms in total. The van der Waals surface area contributed by atoms with Crippen molar-refractivity contribution in [2.24, 2.45) is 0 Å². The van der Waals surface area contributed by atoms with E-state index in [1.807, 2.05) is 12.1 Å². The van der Waals surface area contributed by atoms with Crippen molar-refractivity contribution in [3.63, 3.8) is 0 Å². The molecule has 0 saturated carbocycles. The monoisotopic (exact) mass is 374 g/mol. The molecule has 0 N–H and O–H groups in total. The molecule has 3 aromatic rings. The Labute approximate surface area is 155 Å². The van der Waals surface area contributed by atoms with E-state index in [9.17, 15) is 0 Å². The number of pyridine rings is 1. The van der Waals surface area contributed by atoms with Gasteiger partial charge >= 0.3 is 0 Å². The summed E-state index contributed by atoms with van der Waals surface area (Å²) < 4.78 is 0.859. The third-order valence-corrected chi connectivity index (χ3v) is 6.05. The number of nitrogens with zero attached hydrogens (tertiary/aromatic N) is 2. The average molecular weight is 375 g/mol. The maximum absolute atomic E-state index is 6.36. The van der Waals surface area contributed by atoms with Gasteiger partial charge < -0.3 is 4.90 Å². The van der Waals surface area contributed by atoms with Crippen molar-refractivity contribution in [2.45, 2.75) is 12.5 Å². The summed E-state index contributed by atoms with van der Waals surface area (Å²) in [6.45, 7) is 1.92. The molecule has 0 saturated heterocycles. The highest BCUT2D eigenvalue weighted by molar-refractivity contribution is 7.16. The lowest BCUT2D eigenvalue weighted by Crippen LogP contribution is -2.30. The van der Waals surface area contributed by atoms with Gasteiger partial charge in [-0.25, -0.2) is 4.98 Å². The second-order valence-corrected chi connectivity index (χ2v) is 8.23. The van der Waals surface area contributed by atoms with Gasteiger partial charge in [0.05, 0.1) is 4.34 Å². The van der Waals surface area contributed by atoms with Crippen LogP contribution in [0.25, 0.3) is 11.1 Å². The SMILES string of the molecule is CN1Cc2sc(Cl)cc2C(c2ccccc2-c2cccnc2Cl)C1. The van der Waals surface area contributed by atoms with Gasteiger partial charge in [0.1, 0.15) is 5.15 Å². The van der Waals surface area contributed by atoms with Crippen molar-refractivity contribution in [1.29, 1.82) is 0 Å². The Morgan fingerprint density at radius 1 is 1.08 bits per heavy atom. The minimum Gasteiger partial charge on any atom is -0.300 e. The van der Waals surface area contributed by atoms with E-state index < -0.39 is 0 Å². The van der Waals surface area contributed by atoms with Gasteiger partial charge in [0.25, 0.3) is 0 Å². The van der Waals surface area contributed by atoms with Crippen LogP contribution in [-0.2, 0) is 6.54 Å². The average Bonchev–Trinajstić information content (AvgIpc) is 2.94. The number of rotatable bonds is 2. The molecule has 0 amide bonds. The standard InChI is InChI=1S/C19H16Cl2N2S/c1-23-10-16(15-9-18(20)24-17(15)11-23)13-6-3-2-5-12(13)14-7-4-8-22-19(14)21/h2-9,16H,10-11H2,1H3. The van der Waals surface area contributed by atoms with Crippen molar-refractivity contribution in [3.8, 4) is 11.1 Å². The number of hydrogen-bond acceptors (Lipinski definition) is 3. The molecule has 0 fully saturated rings.